The van der Waals surface area contributed by atoms with Gasteiger partial charge in [0.15, 0.2) is 12.0 Å². The van der Waals surface area contributed by atoms with Crippen LogP contribution in [0.1, 0.15) is 28.6 Å². The van der Waals surface area contributed by atoms with Crippen molar-refractivity contribution in [3.05, 3.63) is 81.5 Å². The fourth-order valence-corrected chi connectivity index (χ4v) is 2.89. The van der Waals surface area contributed by atoms with Crippen LogP contribution < -0.4 is 5.43 Å². The number of carbonyl (C=O) groups excluding carboxylic acids is 2. The quantitative estimate of drug-likeness (QED) is 0.596. The molecule has 1 heterocycles. The van der Waals surface area contributed by atoms with E-state index in [2.05, 4.69) is 0 Å². The van der Waals surface area contributed by atoms with Gasteiger partial charge in [0.2, 0.25) is 5.76 Å². The zero-order valence-electron chi connectivity index (χ0n) is 16.1. The lowest BCUT2D eigenvalue weighted by atomic mass is 10.1. The van der Waals surface area contributed by atoms with Crippen molar-refractivity contribution in [2.45, 2.75) is 20.4 Å². The van der Waals surface area contributed by atoms with Gasteiger partial charge in [-0.25, -0.2) is 9.18 Å². The Morgan fingerprint density at radius 3 is 2.66 bits per heavy atom. The molecule has 1 aromatic heterocycles. The molecule has 0 atom stereocenters. The predicted molar refractivity (Wildman–Crippen MR) is 105 cm³/mol. The number of fused-ring (bicyclic) bond motifs is 1. The molecule has 29 heavy (non-hydrogen) atoms. The Hall–Kier alpha value is -3.48. The molecule has 0 radical (unpaired) electrons. The van der Waals surface area contributed by atoms with Crippen LogP contribution in [0.15, 0.2) is 57.7 Å². The van der Waals surface area contributed by atoms with Crippen molar-refractivity contribution >= 4 is 22.8 Å². The molecule has 7 heteroatoms. The SMILES string of the molecule is CCN(Cc1cccc(F)c1)C(=O)COC(=O)c1cc(=O)c2cc(C)ccc2o1. The van der Waals surface area contributed by atoms with E-state index < -0.39 is 18.5 Å². The first-order valence-corrected chi connectivity index (χ1v) is 9.11. The molecule has 150 valence electrons. The number of hydrogen-bond acceptors (Lipinski definition) is 5. The smallest absolute Gasteiger partial charge is 0.374 e. The zero-order valence-corrected chi connectivity index (χ0v) is 16.1. The maximum atomic E-state index is 13.3. The summed E-state index contributed by atoms with van der Waals surface area (Å²) >= 11 is 0. The monoisotopic (exact) mass is 397 g/mol. The van der Waals surface area contributed by atoms with E-state index in [0.717, 1.165) is 11.6 Å². The van der Waals surface area contributed by atoms with Crippen LogP contribution >= 0.6 is 0 Å². The molecule has 3 rings (SSSR count). The first kappa shape index (κ1) is 20.3. The van der Waals surface area contributed by atoms with Gasteiger partial charge >= 0.3 is 5.97 Å². The standard InChI is InChI=1S/C22H20FNO5/c1-3-24(12-15-5-4-6-16(23)10-15)21(26)13-28-22(27)20-11-18(25)17-9-14(2)7-8-19(17)29-20/h4-11H,3,12-13H2,1-2H3. The summed E-state index contributed by atoms with van der Waals surface area (Å²) in [4.78, 5) is 38.3. The molecule has 0 saturated carbocycles. The normalized spacial score (nSPS) is 10.7. The van der Waals surface area contributed by atoms with Crippen molar-refractivity contribution in [2.75, 3.05) is 13.2 Å². The molecule has 0 N–H and O–H groups in total. The third kappa shape index (κ3) is 4.87. The highest BCUT2D eigenvalue weighted by molar-refractivity contribution is 5.90. The van der Waals surface area contributed by atoms with Crippen LogP contribution in [0, 0.1) is 12.7 Å². The van der Waals surface area contributed by atoms with Gasteiger partial charge < -0.3 is 14.1 Å². The number of benzene rings is 2. The van der Waals surface area contributed by atoms with E-state index in [1.807, 2.05) is 6.92 Å². The van der Waals surface area contributed by atoms with Gasteiger partial charge in [-0.3, -0.25) is 9.59 Å². The van der Waals surface area contributed by atoms with Gasteiger partial charge in [-0.1, -0.05) is 23.8 Å². The van der Waals surface area contributed by atoms with E-state index in [4.69, 9.17) is 9.15 Å². The Morgan fingerprint density at radius 2 is 1.93 bits per heavy atom. The van der Waals surface area contributed by atoms with Crippen molar-refractivity contribution in [3.63, 3.8) is 0 Å². The average molecular weight is 397 g/mol. The average Bonchev–Trinajstić information content (AvgIpc) is 2.70. The van der Waals surface area contributed by atoms with Crippen LogP contribution in [0.2, 0.25) is 0 Å². The van der Waals surface area contributed by atoms with Crippen LogP contribution in [0.4, 0.5) is 4.39 Å². The van der Waals surface area contributed by atoms with E-state index in [1.54, 1.807) is 37.3 Å². The molecule has 0 aliphatic carbocycles. The molecule has 0 unspecified atom stereocenters. The summed E-state index contributed by atoms with van der Waals surface area (Å²) in [6.45, 7) is 3.64. The predicted octanol–water partition coefficient (Wildman–Crippen LogP) is 3.45. The van der Waals surface area contributed by atoms with Gasteiger partial charge in [0.25, 0.3) is 5.91 Å². The van der Waals surface area contributed by atoms with Crippen LogP contribution in [0.5, 0.6) is 0 Å². The van der Waals surface area contributed by atoms with Crippen molar-refractivity contribution < 1.29 is 23.1 Å². The highest BCUT2D eigenvalue weighted by Gasteiger charge is 2.18. The Bertz CT molecular complexity index is 1120. The van der Waals surface area contributed by atoms with Crippen LogP contribution in [-0.2, 0) is 16.1 Å². The molecular weight excluding hydrogens is 377 g/mol. The summed E-state index contributed by atoms with van der Waals surface area (Å²) in [5.41, 5.74) is 1.42. The number of hydrogen-bond donors (Lipinski definition) is 0. The summed E-state index contributed by atoms with van der Waals surface area (Å²) < 4.78 is 23.8. The Kier molecular flexibility index (Phi) is 6.07. The maximum absolute atomic E-state index is 13.3. The molecule has 6 nitrogen and oxygen atoms in total. The number of halogens is 1. The van der Waals surface area contributed by atoms with E-state index >= 15 is 0 Å². The lowest BCUT2D eigenvalue weighted by molar-refractivity contribution is -0.135. The minimum absolute atomic E-state index is 0.190. The van der Waals surface area contributed by atoms with Crippen LogP contribution in [0.3, 0.4) is 0 Å². The molecule has 0 spiro atoms. The number of rotatable bonds is 6. The van der Waals surface area contributed by atoms with Gasteiger partial charge in [0.1, 0.15) is 11.4 Å². The van der Waals surface area contributed by atoms with Gasteiger partial charge in [-0.2, -0.15) is 0 Å². The highest BCUT2D eigenvalue weighted by atomic mass is 19.1. The Morgan fingerprint density at radius 1 is 1.14 bits per heavy atom. The molecule has 0 aliphatic heterocycles. The van der Waals surface area contributed by atoms with E-state index in [0.29, 0.717) is 17.5 Å². The first-order valence-electron chi connectivity index (χ1n) is 9.11. The number of esters is 1. The highest BCUT2D eigenvalue weighted by Crippen LogP contribution is 2.15. The van der Waals surface area contributed by atoms with Crippen molar-refractivity contribution in [1.82, 2.24) is 4.90 Å². The zero-order chi connectivity index (χ0) is 21.0. The van der Waals surface area contributed by atoms with Crippen molar-refractivity contribution in [2.24, 2.45) is 0 Å². The number of carbonyl (C=O) groups is 2. The van der Waals surface area contributed by atoms with Crippen LogP contribution in [-0.4, -0.2) is 29.9 Å². The number of amides is 1. The third-order valence-corrected chi connectivity index (χ3v) is 4.41. The van der Waals surface area contributed by atoms with Gasteiger partial charge in [-0.05, 0) is 43.7 Å². The summed E-state index contributed by atoms with van der Waals surface area (Å²) in [6.07, 6.45) is 0. The van der Waals surface area contributed by atoms with Gasteiger partial charge in [-0.15, -0.1) is 0 Å². The van der Waals surface area contributed by atoms with Gasteiger partial charge in [0, 0.05) is 19.2 Å². The third-order valence-electron chi connectivity index (χ3n) is 4.41. The lowest BCUT2D eigenvalue weighted by Gasteiger charge is -2.20. The minimum Gasteiger partial charge on any atom is -0.450 e. The number of ether oxygens (including phenoxy) is 1. The number of nitrogens with zero attached hydrogens (tertiary/aromatic N) is 1. The molecule has 0 bridgehead atoms. The summed E-state index contributed by atoms with van der Waals surface area (Å²) in [6, 6.07) is 12.0. The fraction of sp³-hybridized carbons (Fsp3) is 0.227. The summed E-state index contributed by atoms with van der Waals surface area (Å²) in [7, 11) is 0. The largest absolute Gasteiger partial charge is 0.450 e. The minimum atomic E-state index is -0.903. The lowest BCUT2D eigenvalue weighted by Crippen LogP contribution is -2.34. The van der Waals surface area contributed by atoms with Crippen LogP contribution in [0.25, 0.3) is 11.0 Å². The van der Waals surface area contributed by atoms with Crippen molar-refractivity contribution in [3.8, 4) is 0 Å². The molecule has 1 amide bonds. The van der Waals surface area contributed by atoms with E-state index in [9.17, 15) is 18.8 Å². The molecule has 0 saturated heterocycles. The topological polar surface area (TPSA) is 76.8 Å². The second kappa shape index (κ2) is 8.68. The van der Waals surface area contributed by atoms with E-state index in [1.165, 1.54) is 17.0 Å². The Labute approximate surface area is 166 Å². The van der Waals surface area contributed by atoms with Gasteiger partial charge in [0.05, 0.1) is 5.39 Å². The second-order valence-electron chi connectivity index (χ2n) is 6.59. The molecule has 0 fully saturated rings. The fourth-order valence-electron chi connectivity index (χ4n) is 2.89. The molecular formula is C22H20FNO5. The molecule has 2 aromatic carbocycles. The van der Waals surface area contributed by atoms with E-state index in [-0.39, 0.29) is 29.1 Å². The first-order chi connectivity index (χ1) is 13.9. The molecule has 3 aromatic rings. The molecule has 0 aliphatic rings. The summed E-state index contributed by atoms with van der Waals surface area (Å²) in [5, 5.41) is 0.366. The number of likely N-dealkylation sites (N-methyl/N-ethyl adjacent to an activating group) is 1. The van der Waals surface area contributed by atoms with Crippen molar-refractivity contribution in [1.29, 1.82) is 0 Å². The maximum Gasteiger partial charge on any atom is 0.374 e. The number of aryl methyl sites for hydroxylation is 1. The summed E-state index contributed by atoms with van der Waals surface area (Å²) in [5.74, 6) is -2.00. The Balaban J connectivity index is 1.67. The second-order valence-corrected chi connectivity index (χ2v) is 6.59.